The second kappa shape index (κ2) is 4.58. The molecule has 2 N–H and O–H groups in total. The van der Waals surface area contributed by atoms with Crippen molar-refractivity contribution >= 4 is 0 Å². The average molecular weight is 234 g/mol. The normalized spacial score (nSPS) is 31.7. The lowest BCUT2D eigenvalue weighted by atomic mass is 9.94. The molecule has 0 saturated carbocycles. The van der Waals surface area contributed by atoms with E-state index in [1.807, 2.05) is 0 Å². The molecule has 0 aromatic rings. The first-order valence-electron chi connectivity index (χ1n) is 5.43. The molecule has 1 aliphatic rings. The number of hydrogen-bond acceptors (Lipinski definition) is 5. The highest BCUT2D eigenvalue weighted by Crippen LogP contribution is 2.33. The van der Waals surface area contributed by atoms with Crippen molar-refractivity contribution in [2.45, 2.75) is 57.4 Å². The maximum Gasteiger partial charge on any atom is 0.164 e. The highest BCUT2D eigenvalue weighted by Gasteiger charge is 2.49. The number of methoxy groups -OCH3 is 1. The van der Waals surface area contributed by atoms with Gasteiger partial charge in [-0.3, -0.25) is 0 Å². The van der Waals surface area contributed by atoms with E-state index >= 15 is 0 Å². The first kappa shape index (κ1) is 13.9. The minimum Gasteiger partial charge on any atom is -0.394 e. The SMILES string of the molecule is CO[C@@H]([C@@H]1OC(C)(C)O[C@@H]1CO)C(C)(C)O. The topological polar surface area (TPSA) is 68.2 Å². The fourth-order valence-corrected chi connectivity index (χ4v) is 2.09. The summed E-state index contributed by atoms with van der Waals surface area (Å²) in [5.41, 5.74) is -1.06. The first-order valence-corrected chi connectivity index (χ1v) is 5.43. The van der Waals surface area contributed by atoms with Gasteiger partial charge in [-0.25, -0.2) is 0 Å². The summed E-state index contributed by atoms with van der Waals surface area (Å²) in [5, 5.41) is 19.2. The van der Waals surface area contributed by atoms with Crippen LogP contribution < -0.4 is 0 Å². The van der Waals surface area contributed by atoms with Gasteiger partial charge in [0, 0.05) is 7.11 Å². The summed E-state index contributed by atoms with van der Waals surface area (Å²) in [6.45, 7) is 6.66. The van der Waals surface area contributed by atoms with Gasteiger partial charge < -0.3 is 24.4 Å². The zero-order valence-corrected chi connectivity index (χ0v) is 10.6. The van der Waals surface area contributed by atoms with Crippen LogP contribution in [0, 0.1) is 0 Å². The third-order valence-electron chi connectivity index (χ3n) is 2.65. The van der Waals surface area contributed by atoms with Crippen LogP contribution in [-0.2, 0) is 14.2 Å². The molecule has 0 bridgehead atoms. The number of aliphatic hydroxyl groups excluding tert-OH is 1. The van der Waals surface area contributed by atoms with E-state index in [1.165, 1.54) is 7.11 Å². The van der Waals surface area contributed by atoms with Gasteiger partial charge in [0.05, 0.1) is 12.2 Å². The first-order chi connectivity index (χ1) is 7.21. The Labute approximate surface area is 96.3 Å². The molecule has 1 heterocycles. The molecule has 5 nitrogen and oxygen atoms in total. The molecule has 96 valence electrons. The fraction of sp³-hybridized carbons (Fsp3) is 1.00. The van der Waals surface area contributed by atoms with Crippen molar-refractivity contribution < 1.29 is 24.4 Å². The summed E-state index contributed by atoms with van der Waals surface area (Å²) < 4.78 is 16.4. The van der Waals surface area contributed by atoms with Crippen molar-refractivity contribution in [3.8, 4) is 0 Å². The van der Waals surface area contributed by atoms with Gasteiger partial charge in [-0.15, -0.1) is 0 Å². The van der Waals surface area contributed by atoms with Gasteiger partial charge in [-0.05, 0) is 27.7 Å². The van der Waals surface area contributed by atoms with Gasteiger partial charge in [0.15, 0.2) is 5.79 Å². The quantitative estimate of drug-likeness (QED) is 0.731. The Balaban J connectivity index is 2.85. The lowest BCUT2D eigenvalue weighted by molar-refractivity contribution is -0.177. The maximum atomic E-state index is 9.98. The Hall–Kier alpha value is -0.200. The Morgan fingerprint density at radius 3 is 2.31 bits per heavy atom. The van der Waals surface area contributed by atoms with Gasteiger partial charge in [-0.2, -0.15) is 0 Å². The minimum absolute atomic E-state index is 0.163. The zero-order chi connectivity index (χ0) is 12.6. The van der Waals surface area contributed by atoms with Gasteiger partial charge in [0.25, 0.3) is 0 Å². The average Bonchev–Trinajstić information content (AvgIpc) is 2.40. The van der Waals surface area contributed by atoms with E-state index in [4.69, 9.17) is 14.2 Å². The van der Waals surface area contributed by atoms with Gasteiger partial charge in [0.1, 0.15) is 18.3 Å². The van der Waals surface area contributed by atoms with Crippen molar-refractivity contribution in [3.63, 3.8) is 0 Å². The van der Waals surface area contributed by atoms with Crippen molar-refractivity contribution in [2.24, 2.45) is 0 Å². The predicted octanol–water partition coefficient (Wildman–Crippen LogP) is 0.285. The minimum atomic E-state index is -1.06. The second-order valence-corrected chi connectivity index (χ2v) is 5.13. The number of ether oxygens (including phenoxy) is 3. The van der Waals surface area contributed by atoms with Crippen molar-refractivity contribution in [2.75, 3.05) is 13.7 Å². The Morgan fingerprint density at radius 2 is 1.94 bits per heavy atom. The van der Waals surface area contributed by atoms with E-state index in [0.29, 0.717) is 0 Å². The number of hydrogen-bond donors (Lipinski definition) is 2. The molecule has 3 atom stereocenters. The summed E-state index contributed by atoms with van der Waals surface area (Å²) in [6.07, 6.45) is -1.51. The van der Waals surface area contributed by atoms with Crippen LogP contribution in [-0.4, -0.2) is 53.6 Å². The summed E-state index contributed by atoms with van der Waals surface area (Å²) in [7, 11) is 1.51. The van der Waals surface area contributed by atoms with Crippen LogP contribution in [0.15, 0.2) is 0 Å². The van der Waals surface area contributed by atoms with Crippen LogP contribution in [0.4, 0.5) is 0 Å². The predicted molar refractivity (Wildman–Crippen MR) is 58.0 cm³/mol. The molecule has 1 saturated heterocycles. The van der Waals surface area contributed by atoms with E-state index in [0.717, 1.165) is 0 Å². The highest BCUT2D eigenvalue weighted by molar-refractivity contribution is 4.94. The monoisotopic (exact) mass is 234 g/mol. The molecule has 5 heteroatoms. The molecule has 16 heavy (non-hydrogen) atoms. The third kappa shape index (κ3) is 2.93. The molecule has 0 unspecified atom stereocenters. The molecule has 0 amide bonds. The molecule has 1 aliphatic heterocycles. The summed E-state index contributed by atoms with van der Waals surface area (Å²) in [4.78, 5) is 0. The Kier molecular flexibility index (Phi) is 3.97. The third-order valence-corrected chi connectivity index (χ3v) is 2.65. The smallest absolute Gasteiger partial charge is 0.164 e. The van der Waals surface area contributed by atoms with E-state index in [1.54, 1.807) is 27.7 Å². The van der Waals surface area contributed by atoms with E-state index in [-0.39, 0.29) is 6.61 Å². The molecule has 0 aromatic heterocycles. The summed E-state index contributed by atoms with van der Waals surface area (Å²) in [5.74, 6) is -0.764. The van der Waals surface area contributed by atoms with Crippen LogP contribution in [0.2, 0.25) is 0 Å². The zero-order valence-electron chi connectivity index (χ0n) is 10.6. The fourth-order valence-electron chi connectivity index (χ4n) is 2.09. The van der Waals surface area contributed by atoms with Crippen molar-refractivity contribution in [3.05, 3.63) is 0 Å². The van der Waals surface area contributed by atoms with Crippen LogP contribution in [0.3, 0.4) is 0 Å². The molecule has 0 spiro atoms. The largest absolute Gasteiger partial charge is 0.394 e. The Morgan fingerprint density at radius 1 is 1.38 bits per heavy atom. The lowest BCUT2D eigenvalue weighted by Crippen LogP contribution is -2.50. The Bertz CT molecular complexity index is 233. The van der Waals surface area contributed by atoms with Gasteiger partial charge >= 0.3 is 0 Å². The highest BCUT2D eigenvalue weighted by atomic mass is 16.8. The standard InChI is InChI=1S/C11H22O5/c1-10(2,13)9(14-5)8-7(6-12)15-11(3,4)16-8/h7-9,12-13H,6H2,1-5H3/t7-,8-,9+/m1/s1. The van der Waals surface area contributed by atoms with E-state index < -0.39 is 29.7 Å². The molecule has 0 aliphatic carbocycles. The molecular formula is C11H22O5. The van der Waals surface area contributed by atoms with Crippen LogP contribution in [0.1, 0.15) is 27.7 Å². The molecule has 0 aromatic carbocycles. The van der Waals surface area contributed by atoms with Crippen molar-refractivity contribution in [1.29, 1.82) is 0 Å². The van der Waals surface area contributed by atoms with E-state index in [9.17, 15) is 10.2 Å². The second-order valence-electron chi connectivity index (χ2n) is 5.13. The lowest BCUT2D eigenvalue weighted by Gasteiger charge is -2.33. The number of rotatable bonds is 4. The molecular weight excluding hydrogens is 212 g/mol. The molecule has 0 radical (unpaired) electrons. The van der Waals surface area contributed by atoms with Gasteiger partial charge in [0.2, 0.25) is 0 Å². The maximum absolute atomic E-state index is 9.98. The van der Waals surface area contributed by atoms with Gasteiger partial charge in [-0.1, -0.05) is 0 Å². The van der Waals surface area contributed by atoms with Crippen molar-refractivity contribution in [1.82, 2.24) is 0 Å². The number of aliphatic hydroxyl groups is 2. The summed E-state index contributed by atoms with van der Waals surface area (Å²) in [6, 6.07) is 0. The molecule has 1 rings (SSSR count). The van der Waals surface area contributed by atoms with Crippen LogP contribution >= 0.6 is 0 Å². The van der Waals surface area contributed by atoms with Crippen LogP contribution in [0.25, 0.3) is 0 Å². The summed E-state index contributed by atoms with van der Waals surface area (Å²) >= 11 is 0. The van der Waals surface area contributed by atoms with E-state index in [2.05, 4.69) is 0 Å². The molecule has 1 fully saturated rings. The van der Waals surface area contributed by atoms with Crippen LogP contribution in [0.5, 0.6) is 0 Å².